The number of aryl methyl sites for hydroxylation is 2. The minimum atomic E-state index is -0.409. The molecule has 0 unspecified atom stereocenters. The van der Waals surface area contributed by atoms with E-state index < -0.39 is 5.97 Å². The lowest BCUT2D eigenvalue weighted by Gasteiger charge is -2.15. The molecule has 0 aliphatic heterocycles. The molecule has 1 saturated carbocycles. The summed E-state index contributed by atoms with van der Waals surface area (Å²) in [7, 11) is 0. The van der Waals surface area contributed by atoms with Crippen LogP contribution in [0.2, 0.25) is 0 Å². The average molecular weight is 327 g/mol. The van der Waals surface area contributed by atoms with Crippen LogP contribution >= 0.6 is 11.3 Å². The van der Waals surface area contributed by atoms with E-state index in [1.807, 2.05) is 18.2 Å². The van der Waals surface area contributed by atoms with Gasteiger partial charge in [-0.3, -0.25) is 4.79 Å². The predicted molar refractivity (Wildman–Crippen MR) is 88.6 cm³/mol. The molecule has 118 valence electrons. The number of nitrogens with one attached hydrogen (secondary N) is 1. The van der Waals surface area contributed by atoms with Crippen LogP contribution in [0.5, 0.6) is 0 Å². The Balaban J connectivity index is 1.47. The molecule has 1 heterocycles. The van der Waals surface area contributed by atoms with E-state index >= 15 is 0 Å². The van der Waals surface area contributed by atoms with Gasteiger partial charge in [-0.1, -0.05) is 24.3 Å². The smallest absolute Gasteiger partial charge is 0.348 e. The fraction of sp³-hybridized carbons (Fsp3) is 0.333. The number of carbonyl (C=O) groups excluding carboxylic acids is 2. The van der Waals surface area contributed by atoms with Crippen molar-refractivity contribution in [1.29, 1.82) is 0 Å². The zero-order valence-electron chi connectivity index (χ0n) is 12.6. The molecule has 0 spiro atoms. The van der Waals surface area contributed by atoms with Gasteiger partial charge in [-0.05, 0) is 48.4 Å². The van der Waals surface area contributed by atoms with Crippen molar-refractivity contribution in [3.8, 4) is 10.4 Å². The molecule has 0 saturated heterocycles. The summed E-state index contributed by atoms with van der Waals surface area (Å²) in [5.74, 6) is -0.625. The highest BCUT2D eigenvalue weighted by Gasteiger charge is 2.25. The topological polar surface area (TPSA) is 55.4 Å². The van der Waals surface area contributed by atoms with Crippen LogP contribution in [0.25, 0.3) is 10.4 Å². The van der Waals surface area contributed by atoms with Crippen LogP contribution in [-0.4, -0.2) is 24.5 Å². The van der Waals surface area contributed by atoms with Crippen molar-refractivity contribution in [2.45, 2.75) is 31.7 Å². The number of carbonyl (C=O) groups is 2. The van der Waals surface area contributed by atoms with Gasteiger partial charge in [-0.2, -0.15) is 0 Å². The Labute approximate surface area is 138 Å². The molecule has 2 aromatic rings. The third-order valence-corrected chi connectivity index (χ3v) is 5.40. The molecule has 0 radical (unpaired) electrons. The van der Waals surface area contributed by atoms with Crippen LogP contribution < -0.4 is 5.32 Å². The number of rotatable bonds is 4. The second-order valence-electron chi connectivity index (χ2n) is 6.04. The first-order chi connectivity index (χ1) is 11.2. The maximum atomic E-state index is 12.2. The summed E-state index contributed by atoms with van der Waals surface area (Å²) in [6.07, 6.45) is 3.99. The highest BCUT2D eigenvalue weighted by Crippen LogP contribution is 2.39. The maximum absolute atomic E-state index is 12.2. The van der Waals surface area contributed by atoms with Gasteiger partial charge in [0, 0.05) is 10.9 Å². The number of thiophene rings is 1. The molecule has 2 aliphatic rings. The molecule has 4 nitrogen and oxygen atoms in total. The van der Waals surface area contributed by atoms with E-state index in [1.54, 1.807) is 0 Å². The molecule has 4 rings (SSSR count). The lowest BCUT2D eigenvalue weighted by Crippen LogP contribution is -2.30. The van der Waals surface area contributed by atoms with E-state index in [9.17, 15) is 9.59 Å². The summed E-state index contributed by atoms with van der Waals surface area (Å²) >= 11 is 1.46. The Morgan fingerprint density at radius 2 is 1.96 bits per heavy atom. The summed E-state index contributed by atoms with van der Waals surface area (Å²) < 4.78 is 5.14. The van der Waals surface area contributed by atoms with E-state index in [2.05, 4.69) is 17.4 Å². The number of ether oxygens (including phenoxy) is 1. The predicted octanol–water partition coefficient (Wildman–Crippen LogP) is 2.95. The van der Waals surface area contributed by atoms with E-state index in [0.717, 1.165) is 30.6 Å². The first-order valence-electron chi connectivity index (χ1n) is 7.88. The first-order valence-corrected chi connectivity index (χ1v) is 8.70. The average Bonchev–Trinajstić information content (AvgIpc) is 3.26. The van der Waals surface area contributed by atoms with Gasteiger partial charge in [0.05, 0.1) is 0 Å². The number of fused-ring (bicyclic) bond motifs is 3. The third-order valence-electron chi connectivity index (χ3n) is 4.21. The fourth-order valence-corrected chi connectivity index (χ4v) is 4.04. The fourth-order valence-electron chi connectivity index (χ4n) is 2.87. The van der Waals surface area contributed by atoms with Crippen molar-refractivity contribution in [3.05, 3.63) is 46.3 Å². The highest BCUT2D eigenvalue weighted by atomic mass is 32.1. The molecule has 2 aliphatic carbocycles. The van der Waals surface area contributed by atoms with E-state index in [-0.39, 0.29) is 18.6 Å². The molecule has 23 heavy (non-hydrogen) atoms. The Morgan fingerprint density at radius 1 is 1.17 bits per heavy atom. The van der Waals surface area contributed by atoms with Crippen LogP contribution in [0, 0.1) is 0 Å². The molecule has 1 N–H and O–H groups in total. The maximum Gasteiger partial charge on any atom is 0.348 e. The van der Waals surface area contributed by atoms with Crippen LogP contribution in [-0.2, 0) is 22.4 Å². The molecule has 0 atom stereocenters. The molecular weight excluding hydrogens is 310 g/mol. The van der Waals surface area contributed by atoms with Crippen LogP contribution in [0.3, 0.4) is 0 Å². The molecular formula is C18H17NO3S. The first kappa shape index (κ1) is 14.5. The van der Waals surface area contributed by atoms with Gasteiger partial charge in [0.25, 0.3) is 5.91 Å². The zero-order chi connectivity index (χ0) is 15.8. The van der Waals surface area contributed by atoms with Crippen molar-refractivity contribution in [2.75, 3.05) is 6.61 Å². The molecule has 1 fully saturated rings. The summed E-state index contributed by atoms with van der Waals surface area (Å²) in [5.41, 5.74) is 3.73. The largest absolute Gasteiger partial charge is 0.451 e. The van der Waals surface area contributed by atoms with Gasteiger partial charge < -0.3 is 10.1 Å². The SMILES string of the molecule is O=C(COC(=O)c1cc2c(s1)-c1ccccc1CC2)NC1CC1. The van der Waals surface area contributed by atoms with Gasteiger partial charge in [0.2, 0.25) is 0 Å². The summed E-state index contributed by atoms with van der Waals surface area (Å²) in [6, 6.07) is 10.5. The Bertz CT molecular complexity index is 776. The van der Waals surface area contributed by atoms with E-state index in [0.29, 0.717) is 4.88 Å². The minimum absolute atomic E-state index is 0.200. The summed E-state index contributed by atoms with van der Waals surface area (Å²) in [4.78, 5) is 25.5. The molecule has 5 heteroatoms. The normalized spacial score (nSPS) is 15.5. The van der Waals surface area contributed by atoms with Gasteiger partial charge in [-0.25, -0.2) is 4.79 Å². The second kappa shape index (κ2) is 5.81. The highest BCUT2D eigenvalue weighted by molar-refractivity contribution is 7.17. The summed E-state index contributed by atoms with van der Waals surface area (Å²) in [5, 5.41) is 2.81. The lowest BCUT2D eigenvalue weighted by molar-refractivity contribution is -0.124. The second-order valence-corrected chi connectivity index (χ2v) is 7.09. The van der Waals surface area contributed by atoms with Crippen LogP contribution in [0.4, 0.5) is 0 Å². The Morgan fingerprint density at radius 3 is 2.78 bits per heavy atom. The summed E-state index contributed by atoms with van der Waals surface area (Å²) in [6.45, 7) is -0.200. The number of esters is 1. The Kier molecular flexibility index (Phi) is 3.65. The van der Waals surface area contributed by atoms with Gasteiger partial charge in [0.1, 0.15) is 4.88 Å². The van der Waals surface area contributed by atoms with Crippen molar-refractivity contribution >= 4 is 23.2 Å². The number of hydrogen-bond acceptors (Lipinski definition) is 4. The van der Waals surface area contributed by atoms with E-state index in [1.165, 1.54) is 28.0 Å². The van der Waals surface area contributed by atoms with Gasteiger partial charge in [-0.15, -0.1) is 11.3 Å². The third kappa shape index (κ3) is 3.01. The molecule has 0 bridgehead atoms. The van der Waals surface area contributed by atoms with Gasteiger partial charge >= 0.3 is 5.97 Å². The molecule has 1 amide bonds. The standard InChI is InChI=1S/C18H17NO3S/c20-16(19-13-7-8-13)10-22-18(21)15-9-12-6-5-11-3-1-2-4-14(11)17(12)23-15/h1-4,9,13H,5-8,10H2,(H,19,20). The van der Waals surface area contributed by atoms with Crippen molar-refractivity contribution in [3.63, 3.8) is 0 Å². The number of benzene rings is 1. The van der Waals surface area contributed by atoms with Crippen molar-refractivity contribution in [1.82, 2.24) is 5.32 Å². The number of amides is 1. The van der Waals surface area contributed by atoms with Crippen LogP contribution in [0.15, 0.2) is 30.3 Å². The van der Waals surface area contributed by atoms with E-state index in [4.69, 9.17) is 4.74 Å². The van der Waals surface area contributed by atoms with Gasteiger partial charge in [0.15, 0.2) is 6.61 Å². The monoisotopic (exact) mass is 327 g/mol. The lowest BCUT2D eigenvalue weighted by atomic mass is 9.91. The van der Waals surface area contributed by atoms with Crippen molar-refractivity contribution in [2.24, 2.45) is 0 Å². The van der Waals surface area contributed by atoms with Crippen molar-refractivity contribution < 1.29 is 14.3 Å². The minimum Gasteiger partial charge on any atom is -0.451 e. The zero-order valence-corrected chi connectivity index (χ0v) is 13.4. The quantitative estimate of drug-likeness (QED) is 0.879. The molecule has 1 aromatic heterocycles. The number of hydrogen-bond donors (Lipinski definition) is 1. The molecule has 1 aromatic carbocycles. The van der Waals surface area contributed by atoms with Crippen LogP contribution in [0.1, 0.15) is 33.6 Å². The Hall–Kier alpha value is -2.14.